The van der Waals surface area contributed by atoms with Gasteiger partial charge < -0.3 is 4.90 Å². The highest BCUT2D eigenvalue weighted by molar-refractivity contribution is 6.29. The van der Waals surface area contributed by atoms with E-state index in [1.165, 1.54) is 25.9 Å². The van der Waals surface area contributed by atoms with Crippen molar-refractivity contribution in [1.82, 2.24) is 14.8 Å². The fraction of sp³-hybridized carbons (Fsp3) is 0.571. The molecule has 3 heterocycles. The van der Waals surface area contributed by atoms with Crippen LogP contribution >= 0.6 is 11.6 Å². The van der Waals surface area contributed by atoms with Gasteiger partial charge in [-0.2, -0.15) is 0 Å². The molecule has 2 fully saturated rings. The van der Waals surface area contributed by atoms with E-state index in [9.17, 15) is 4.79 Å². The molecule has 2 saturated heterocycles. The third-order valence-corrected chi connectivity index (χ3v) is 4.25. The molecule has 1 unspecified atom stereocenters. The average molecular weight is 280 g/mol. The Balaban J connectivity index is 1.65. The molecular weight excluding hydrogens is 262 g/mol. The van der Waals surface area contributed by atoms with Crippen molar-refractivity contribution in [3.63, 3.8) is 0 Å². The molecule has 2 aliphatic rings. The molecule has 1 aromatic heterocycles. The van der Waals surface area contributed by atoms with Crippen molar-refractivity contribution in [3.8, 4) is 0 Å². The van der Waals surface area contributed by atoms with Crippen LogP contribution in [0.3, 0.4) is 0 Å². The van der Waals surface area contributed by atoms with Crippen molar-refractivity contribution in [1.29, 1.82) is 0 Å². The first kappa shape index (κ1) is 12.9. The van der Waals surface area contributed by atoms with Gasteiger partial charge in [-0.3, -0.25) is 9.69 Å². The molecule has 1 atom stereocenters. The lowest BCUT2D eigenvalue weighted by Crippen LogP contribution is -2.37. The van der Waals surface area contributed by atoms with Crippen molar-refractivity contribution < 1.29 is 4.79 Å². The average Bonchev–Trinajstić information content (AvgIpc) is 3.08. The maximum Gasteiger partial charge on any atom is 0.272 e. The Bertz CT molecular complexity index is 474. The second-order valence-electron chi connectivity index (χ2n) is 5.28. The molecule has 0 aliphatic carbocycles. The van der Waals surface area contributed by atoms with Crippen molar-refractivity contribution in [3.05, 3.63) is 29.0 Å². The van der Waals surface area contributed by atoms with E-state index in [2.05, 4.69) is 9.88 Å². The Morgan fingerprint density at radius 1 is 1.26 bits per heavy atom. The summed E-state index contributed by atoms with van der Waals surface area (Å²) in [5.41, 5.74) is 0.453. The molecule has 0 spiro atoms. The van der Waals surface area contributed by atoms with Gasteiger partial charge in [0.2, 0.25) is 0 Å². The molecule has 5 heteroatoms. The minimum Gasteiger partial charge on any atom is -0.336 e. The minimum atomic E-state index is 0.00389. The lowest BCUT2D eigenvalue weighted by Gasteiger charge is -2.23. The van der Waals surface area contributed by atoms with Gasteiger partial charge in [-0.15, -0.1) is 0 Å². The lowest BCUT2D eigenvalue weighted by molar-refractivity contribution is 0.0774. The standard InChI is InChI=1S/C14H18ClN3O/c15-13-5-3-4-12(16-13)14(19)18-9-6-11(10-18)17-7-1-2-8-17/h3-5,11H,1-2,6-10H2. The summed E-state index contributed by atoms with van der Waals surface area (Å²) in [7, 11) is 0. The molecule has 0 bridgehead atoms. The lowest BCUT2D eigenvalue weighted by atomic mass is 10.2. The minimum absolute atomic E-state index is 0.00389. The Morgan fingerprint density at radius 3 is 2.79 bits per heavy atom. The third kappa shape index (κ3) is 2.74. The summed E-state index contributed by atoms with van der Waals surface area (Å²) >= 11 is 5.84. The van der Waals surface area contributed by atoms with E-state index >= 15 is 0 Å². The normalized spacial score (nSPS) is 24.1. The fourth-order valence-corrected chi connectivity index (χ4v) is 3.18. The number of nitrogens with zero attached hydrogens (tertiary/aromatic N) is 3. The largest absolute Gasteiger partial charge is 0.336 e. The van der Waals surface area contributed by atoms with Crippen LogP contribution in [-0.2, 0) is 0 Å². The van der Waals surface area contributed by atoms with E-state index in [1.807, 2.05) is 4.90 Å². The van der Waals surface area contributed by atoms with E-state index in [4.69, 9.17) is 11.6 Å². The molecule has 19 heavy (non-hydrogen) atoms. The van der Waals surface area contributed by atoms with Crippen molar-refractivity contribution in [2.45, 2.75) is 25.3 Å². The smallest absolute Gasteiger partial charge is 0.272 e. The number of aromatic nitrogens is 1. The number of pyridine rings is 1. The third-order valence-electron chi connectivity index (χ3n) is 4.04. The van der Waals surface area contributed by atoms with Crippen molar-refractivity contribution in [2.75, 3.05) is 26.2 Å². The van der Waals surface area contributed by atoms with Gasteiger partial charge in [-0.1, -0.05) is 17.7 Å². The first-order valence-corrected chi connectivity index (χ1v) is 7.28. The number of halogens is 1. The molecule has 4 nitrogen and oxygen atoms in total. The zero-order valence-electron chi connectivity index (χ0n) is 10.9. The number of hydrogen-bond acceptors (Lipinski definition) is 3. The van der Waals surface area contributed by atoms with E-state index in [1.54, 1.807) is 18.2 Å². The van der Waals surface area contributed by atoms with Crippen LogP contribution in [0.5, 0.6) is 0 Å². The number of hydrogen-bond donors (Lipinski definition) is 0. The van der Waals surface area contributed by atoms with Crippen molar-refractivity contribution in [2.24, 2.45) is 0 Å². The SMILES string of the molecule is O=C(c1cccc(Cl)n1)N1CCC(N2CCCC2)C1. The maximum atomic E-state index is 12.3. The second kappa shape index (κ2) is 5.47. The van der Waals surface area contributed by atoms with Gasteiger partial charge in [0.05, 0.1) is 0 Å². The summed E-state index contributed by atoms with van der Waals surface area (Å²) in [4.78, 5) is 20.9. The first-order valence-electron chi connectivity index (χ1n) is 6.90. The van der Waals surface area contributed by atoms with Crippen LogP contribution in [0.4, 0.5) is 0 Å². The highest BCUT2D eigenvalue weighted by atomic mass is 35.5. The molecule has 2 aliphatic heterocycles. The Labute approximate surface area is 118 Å². The molecule has 1 aromatic rings. The van der Waals surface area contributed by atoms with Gasteiger partial charge in [-0.05, 0) is 44.5 Å². The molecule has 0 N–H and O–H groups in total. The second-order valence-corrected chi connectivity index (χ2v) is 5.67. The van der Waals surface area contributed by atoms with E-state index in [0.29, 0.717) is 16.9 Å². The zero-order valence-corrected chi connectivity index (χ0v) is 11.6. The highest BCUT2D eigenvalue weighted by Crippen LogP contribution is 2.21. The van der Waals surface area contributed by atoms with Crippen LogP contribution in [-0.4, -0.2) is 52.9 Å². The topological polar surface area (TPSA) is 36.4 Å². The summed E-state index contributed by atoms with van der Waals surface area (Å²) in [5, 5.41) is 0.376. The Hall–Kier alpha value is -1.13. The number of carbonyl (C=O) groups excluding carboxylic acids is 1. The van der Waals surface area contributed by atoms with Crippen LogP contribution in [0.25, 0.3) is 0 Å². The quantitative estimate of drug-likeness (QED) is 0.778. The van der Waals surface area contributed by atoms with E-state index < -0.39 is 0 Å². The summed E-state index contributed by atoms with van der Waals surface area (Å²) in [6, 6.07) is 5.73. The summed E-state index contributed by atoms with van der Waals surface area (Å²) in [6.45, 7) is 4.02. The van der Waals surface area contributed by atoms with Crippen LogP contribution in [0.15, 0.2) is 18.2 Å². The number of likely N-dealkylation sites (tertiary alicyclic amines) is 2. The Morgan fingerprint density at radius 2 is 2.05 bits per heavy atom. The number of rotatable bonds is 2. The van der Waals surface area contributed by atoms with E-state index in [0.717, 1.165) is 19.5 Å². The van der Waals surface area contributed by atoms with Crippen LogP contribution in [0.2, 0.25) is 5.15 Å². The monoisotopic (exact) mass is 279 g/mol. The van der Waals surface area contributed by atoms with Gasteiger partial charge in [0, 0.05) is 19.1 Å². The molecule has 102 valence electrons. The number of carbonyl (C=O) groups is 1. The first-order chi connectivity index (χ1) is 9.24. The number of amides is 1. The summed E-state index contributed by atoms with van der Waals surface area (Å²) < 4.78 is 0. The summed E-state index contributed by atoms with van der Waals surface area (Å²) in [5.74, 6) is 0.00389. The predicted octanol–water partition coefficient (Wildman–Crippen LogP) is 2.05. The summed E-state index contributed by atoms with van der Waals surface area (Å²) in [6.07, 6.45) is 3.66. The van der Waals surface area contributed by atoms with Gasteiger partial charge >= 0.3 is 0 Å². The van der Waals surface area contributed by atoms with Gasteiger partial charge in [-0.25, -0.2) is 4.98 Å². The van der Waals surface area contributed by atoms with Gasteiger partial charge in [0.15, 0.2) is 0 Å². The molecule has 0 aromatic carbocycles. The van der Waals surface area contributed by atoms with E-state index in [-0.39, 0.29) is 5.91 Å². The van der Waals surface area contributed by atoms with Crippen LogP contribution in [0, 0.1) is 0 Å². The van der Waals surface area contributed by atoms with Crippen LogP contribution < -0.4 is 0 Å². The molecule has 1 amide bonds. The predicted molar refractivity (Wildman–Crippen MR) is 74.4 cm³/mol. The van der Waals surface area contributed by atoms with Gasteiger partial charge in [0.25, 0.3) is 5.91 Å². The van der Waals surface area contributed by atoms with Crippen LogP contribution in [0.1, 0.15) is 29.8 Å². The highest BCUT2D eigenvalue weighted by Gasteiger charge is 2.32. The Kier molecular flexibility index (Phi) is 3.71. The van der Waals surface area contributed by atoms with Gasteiger partial charge in [0.1, 0.15) is 10.8 Å². The maximum absolute atomic E-state index is 12.3. The molecular formula is C14H18ClN3O. The van der Waals surface area contributed by atoms with Crippen molar-refractivity contribution >= 4 is 17.5 Å². The molecule has 3 rings (SSSR count). The molecule has 0 radical (unpaired) electrons. The fourth-order valence-electron chi connectivity index (χ4n) is 3.02. The zero-order chi connectivity index (χ0) is 13.2. The molecule has 0 saturated carbocycles.